The molecule has 0 N–H and O–H groups in total. The highest BCUT2D eigenvalue weighted by molar-refractivity contribution is 7.99. The Morgan fingerprint density at radius 2 is 0.952 bits per heavy atom. The third kappa shape index (κ3) is 9.25. The van der Waals surface area contributed by atoms with Crippen molar-refractivity contribution in [2.24, 2.45) is 24.9 Å². The minimum atomic E-state index is 0.551. The third-order valence-corrected chi connectivity index (χ3v) is 16.0. The molecule has 10 rings (SSSR count). The monoisotopic (exact) mass is 868 g/mol. The molecule has 0 unspecified atom stereocenters. The molecule has 4 aromatic heterocycles. The third-order valence-electron chi connectivity index (χ3n) is 13.8. The Labute approximate surface area is 375 Å². The molecule has 0 bridgehead atoms. The van der Waals surface area contributed by atoms with E-state index in [0.717, 1.165) is 68.1 Å². The van der Waals surface area contributed by atoms with Gasteiger partial charge >= 0.3 is 0 Å². The van der Waals surface area contributed by atoms with Crippen LogP contribution >= 0.6 is 23.5 Å². The lowest BCUT2D eigenvalue weighted by Crippen LogP contribution is -2.23. The van der Waals surface area contributed by atoms with Gasteiger partial charge in [-0.15, -0.1) is 20.4 Å². The van der Waals surface area contributed by atoms with Gasteiger partial charge in [0.1, 0.15) is 11.4 Å². The van der Waals surface area contributed by atoms with Gasteiger partial charge in [0.15, 0.2) is 22.0 Å². The van der Waals surface area contributed by atoms with Crippen LogP contribution in [0.3, 0.4) is 0 Å². The second-order valence-electron chi connectivity index (χ2n) is 18.2. The Hall–Kier alpha value is -4.50. The molecule has 0 radical (unpaired) electrons. The summed E-state index contributed by atoms with van der Waals surface area (Å²) in [5.74, 6) is 5.21. The summed E-state index contributed by atoms with van der Waals surface area (Å²) in [7, 11) is 4.02. The maximum absolute atomic E-state index is 4.42. The molecular weight excluding hydrogens is 809 g/mol. The van der Waals surface area contributed by atoms with Gasteiger partial charge < -0.3 is 18.9 Å². The second-order valence-corrected chi connectivity index (χ2v) is 20.4. The van der Waals surface area contributed by atoms with Crippen LogP contribution in [0.1, 0.15) is 84.0 Å². The summed E-state index contributed by atoms with van der Waals surface area (Å²) in [6.07, 6.45) is 14.6. The van der Waals surface area contributed by atoms with E-state index in [9.17, 15) is 0 Å². The maximum atomic E-state index is 4.42. The molecule has 2 spiro atoms. The Bertz CT molecular complexity index is 2300. The zero-order chi connectivity index (χ0) is 42.8. The van der Waals surface area contributed by atoms with Gasteiger partial charge in [0, 0.05) is 63.5 Å². The predicted molar refractivity (Wildman–Crippen MR) is 248 cm³/mol. The van der Waals surface area contributed by atoms with Gasteiger partial charge in [-0.25, -0.2) is 9.97 Å². The summed E-state index contributed by atoms with van der Waals surface area (Å²) < 4.78 is 4.06. The van der Waals surface area contributed by atoms with Gasteiger partial charge in [-0.2, -0.15) is 0 Å². The number of nitrogens with zero attached hydrogens (tertiary/aromatic N) is 12. The van der Waals surface area contributed by atoms with Crippen LogP contribution in [-0.4, -0.2) is 110 Å². The number of aryl methyl sites for hydroxylation is 4. The van der Waals surface area contributed by atoms with Crippen molar-refractivity contribution in [3.8, 4) is 23.0 Å². The molecule has 12 nitrogen and oxygen atoms in total. The number of benzene rings is 2. The van der Waals surface area contributed by atoms with E-state index in [0.29, 0.717) is 10.8 Å². The molecule has 4 aliphatic rings. The average Bonchev–Trinajstić information content (AvgIpc) is 3.81. The fourth-order valence-electron chi connectivity index (χ4n) is 9.94. The van der Waals surface area contributed by atoms with E-state index < -0.39 is 0 Å². The van der Waals surface area contributed by atoms with E-state index in [1.807, 2.05) is 37.1 Å². The molecule has 2 saturated carbocycles. The quantitative estimate of drug-likeness (QED) is 0.0772. The molecule has 0 amide bonds. The summed E-state index contributed by atoms with van der Waals surface area (Å²) in [4.78, 5) is 22.8. The predicted octanol–water partition coefficient (Wildman–Crippen LogP) is 8.50. The highest BCUT2D eigenvalue weighted by Crippen LogP contribution is 2.65. The molecule has 324 valence electrons. The van der Waals surface area contributed by atoms with Gasteiger partial charge in [0.2, 0.25) is 0 Å². The Morgan fingerprint density at radius 1 is 0.548 bits per heavy atom. The molecule has 6 aromatic rings. The topological polar surface area (TPSA) is 119 Å². The van der Waals surface area contributed by atoms with Gasteiger partial charge in [0.05, 0.1) is 11.4 Å². The van der Waals surface area contributed by atoms with Crippen LogP contribution in [0.2, 0.25) is 0 Å². The van der Waals surface area contributed by atoms with E-state index >= 15 is 0 Å². The molecule has 2 aliphatic heterocycles. The molecule has 4 atom stereocenters. The van der Waals surface area contributed by atoms with E-state index in [-0.39, 0.29) is 0 Å². The molecule has 2 aliphatic carbocycles. The number of hydrogen-bond donors (Lipinski definition) is 0. The van der Waals surface area contributed by atoms with Crippen molar-refractivity contribution in [1.29, 1.82) is 0 Å². The fraction of sp³-hybridized carbons (Fsp3) is 0.500. The zero-order valence-electron chi connectivity index (χ0n) is 37.2. The van der Waals surface area contributed by atoms with Crippen LogP contribution in [0, 0.1) is 38.5 Å². The summed E-state index contributed by atoms with van der Waals surface area (Å²) in [6.45, 7) is 15.6. The number of likely N-dealkylation sites (tertiary alicyclic amines) is 2. The molecule has 6 heterocycles. The summed E-state index contributed by atoms with van der Waals surface area (Å²) in [5, 5.41) is 19.4. The lowest BCUT2D eigenvalue weighted by Gasteiger charge is -2.16. The lowest BCUT2D eigenvalue weighted by molar-refractivity contribution is 0.319. The van der Waals surface area contributed by atoms with Crippen molar-refractivity contribution < 1.29 is 0 Å². The van der Waals surface area contributed by atoms with Crippen molar-refractivity contribution in [3.63, 3.8) is 0 Å². The minimum absolute atomic E-state index is 0.551. The van der Waals surface area contributed by atoms with Crippen molar-refractivity contribution in [2.45, 2.75) is 88.4 Å². The molecule has 4 fully saturated rings. The Kier molecular flexibility index (Phi) is 12.6. The first-order valence-corrected chi connectivity index (χ1v) is 24.3. The van der Waals surface area contributed by atoms with E-state index in [2.05, 4.69) is 113 Å². The van der Waals surface area contributed by atoms with Crippen LogP contribution in [0.25, 0.3) is 23.0 Å². The summed E-state index contributed by atoms with van der Waals surface area (Å²) >= 11 is 3.56. The first kappa shape index (κ1) is 42.8. The van der Waals surface area contributed by atoms with Gasteiger partial charge in [-0.3, -0.25) is 9.97 Å². The summed E-state index contributed by atoms with van der Waals surface area (Å²) in [6, 6.07) is 18.4. The smallest absolute Gasteiger partial charge is 0.191 e. The van der Waals surface area contributed by atoms with Crippen LogP contribution < -0.4 is 0 Å². The second kappa shape index (κ2) is 18.3. The average molecular weight is 869 g/mol. The summed E-state index contributed by atoms with van der Waals surface area (Å²) in [5.41, 5.74) is 10.3. The van der Waals surface area contributed by atoms with Crippen LogP contribution in [-0.2, 0) is 14.1 Å². The number of thioether (sulfide) groups is 2. The standard InChI is InChI=1S/2C24H30N6S/c2*1-17-5-7-19(8-6-17)20-15-24(20)9-13-30(16-24)12-4-14-31-23-28-27-22(29(23)3)21-18(2)25-10-11-26-21/h2*5-8,10-11,20H,4,9,12-16H2,1-3H3/t2*20-,24+/m10/s1. The van der Waals surface area contributed by atoms with Gasteiger partial charge in [0.25, 0.3) is 0 Å². The number of aromatic nitrogens is 10. The Balaban J connectivity index is 0.000000158. The molecule has 62 heavy (non-hydrogen) atoms. The molecule has 2 saturated heterocycles. The van der Waals surface area contributed by atoms with Gasteiger partial charge in [-0.05, 0) is 126 Å². The lowest BCUT2D eigenvalue weighted by atomic mass is 9.98. The Morgan fingerprint density at radius 3 is 1.35 bits per heavy atom. The van der Waals surface area contributed by atoms with E-state index in [1.165, 1.54) is 88.9 Å². The molecular formula is C48H60N12S2. The number of hydrogen-bond acceptors (Lipinski definition) is 12. The van der Waals surface area contributed by atoms with Crippen molar-refractivity contribution >= 4 is 23.5 Å². The van der Waals surface area contributed by atoms with Crippen molar-refractivity contribution in [2.75, 3.05) is 50.8 Å². The highest BCUT2D eigenvalue weighted by Gasteiger charge is 2.58. The first-order valence-electron chi connectivity index (χ1n) is 22.3. The fourth-order valence-corrected chi connectivity index (χ4v) is 11.6. The first-order chi connectivity index (χ1) is 30.1. The van der Waals surface area contributed by atoms with Crippen LogP contribution in [0.15, 0.2) is 83.6 Å². The van der Waals surface area contributed by atoms with E-state index in [1.54, 1.807) is 59.4 Å². The minimum Gasteiger partial charge on any atom is -0.304 e. The van der Waals surface area contributed by atoms with Crippen LogP contribution in [0.4, 0.5) is 0 Å². The molecule has 2 aromatic carbocycles. The van der Waals surface area contributed by atoms with Crippen LogP contribution in [0.5, 0.6) is 0 Å². The SMILES string of the molecule is Cc1ccc([C@@H]2C[C@@]23CCN(CCCSc2nnc(-c4nccnc4C)n2C)C3)cc1.Cc1ccc([C@H]2C[C@]23CCN(CCCSc2nnc(-c4nccnc4C)n2C)C3)cc1. The highest BCUT2D eigenvalue weighted by atomic mass is 32.2. The number of rotatable bonds is 14. The maximum Gasteiger partial charge on any atom is 0.191 e. The normalized spacial score (nSPS) is 23.0. The van der Waals surface area contributed by atoms with Gasteiger partial charge in [-0.1, -0.05) is 83.2 Å². The zero-order valence-corrected chi connectivity index (χ0v) is 38.8. The largest absolute Gasteiger partial charge is 0.304 e. The van der Waals surface area contributed by atoms with Crippen molar-refractivity contribution in [3.05, 3.63) is 107 Å². The van der Waals surface area contributed by atoms with E-state index in [4.69, 9.17) is 0 Å². The molecule has 14 heteroatoms. The van der Waals surface area contributed by atoms with Crippen molar-refractivity contribution in [1.82, 2.24) is 59.3 Å².